The van der Waals surface area contributed by atoms with Crippen LogP contribution in [0.5, 0.6) is 0 Å². The summed E-state index contributed by atoms with van der Waals surface area (Å²) in [6, 6.07) is 9.14. The summed E-state index contributed by atoms with van der Waals surface area (Å²) >= 11 is 0. The number of anilines is 2. The molecular weight excluding hydrogens is 404 g/mol. The fourth-order valence-electron chi connectivity index (χ4n) is 3.11. The van der Waals surface area contributed by atoms with Crippen LogP contribution in [0.4, 0.5) is 11.4 Å². The Morgan fingerprint density at radius 3 is 2.33 bits per heavy atom. The van der Waals surface area contributed by atoms with Gasteiger partial charge in [0.2, 0.25) is 15.9 Å². The smallest absolute Gasteiger partial charge is 0.338 e. The minimum Gasteiger partial charge on any atom is -0.462 e. The quantitative estimate of drug-likeness (QED) is 0.675. The lowest BCUT2D eigenvalue weighted by Gasteiger charge is -2.29. The molecule has 0 saturated carbocycles. The third kappa shape index (κ3) is 5.18. The molecule has 7 nitrogen and oxygen atoms in total. The Morgan fingerprint density at radius 1 is 1.10 bits per heavy atom. The van der Waals surface area contributed by atoms with Crippen LogP contribution in [0.15, 0.2) is 36.4 Å². The number of carbonyl (C=O) groups is 2. The Labute approximate surface area is 178 Å². The summed E-state index contributed by atoms with van der Waals surface area (Å²) in [6.45, 7) is 8.99. The van der Waals surface area contributed by atoms with E-state index in [1.165, 1.54) is 6.92 Å². The zero-order chi connectivity index (χ0) is 22.6. The van der Waals surface area contributed by atoms with Gasteiger partial charge in [0, 0.05) is 5.69 Å². The zero-order valence-electron chi connectivity index (χ0n) is 18.1. The van der Waals surface area contributed by atoms with Crippen molar-refractivity contribution in [2.45, 2.75) is 40.7 Å². The van der Waals surface area contributed by atoms with Gasteiger partial charge in [-0.3, -0.25) is 9.10 Å². The predicted molar refractivity (Wildman–Crippen MR) is 118 cm³/mol. The Hall–Kier alpha value is -2.87. The number of nitrogens with zero attached hydrogens (tertiary/aromatic N) is 1. The molecule has 2 aromatic carbocycles. The van der Waals surface area contributed by atoms with Crippen molar-refractivity contribution in [3.8, 4) is 0 Å². The third-order valence-corrected chi connectivity index (χ3v) is 6.16. The summed E-state index contributed by atoms with van der Waals surface area (Å²) in [4.78, 5) is 25.1. The van der Waals surface area contributed by atoms with E-state index in [0.717, 1.165) is 21.7 Å². The maximum atomic E-state index is 13.0. The molecule has 0 fully saturated rings. The van der Waals surface area contributed by atoms with Gasteiger partial charge in [0.25, 0.3) is 0 Å². The molecule has 1 N–H and O–H groups in total. The first kappa shape index (κ1) is 23.4. The van der Waals surface area contributed by atoms with Gasteiger partial charge in [-0.25, -0.2) is 13.2 Å². The summed E-state index contributed by atoms with van der Waals surface area (Å²) in [5.41, 5.74) is 3.68. The van der Waals surface area contributed by atoms with E-state index in [1.54, 1.807) is 44.2 Å². The second-order valence-corrected chi connectivity index (χ2v) is 9.05. The van der Waals surface area contributed by atoms with Gasteiger partial charge in [-0.2, -0.15) is 0 Å². The first-order valence-corrected chi connectivity index (χ1v) is 11.5. The molecular formula is C22H28N2O5S. The highest BCUT2D eigenvalue weighted by atomic mass is 32.2. The van der Waals surface area contributed by atoms with Gasteiger partial charge in [-0.15, -0.1) is 0 Å². The minimum absolute atomic E-state index is 0.241. The number of ether oxygens (including phenoxy) is 1. The Kier molecular flexibility index (Phi) is 7.25. The van der Waals surface area contributed by atoms with Crippen LogP contribution in [0.1, 0.15) is 40.9 Å². The minimum atomic E-state index is -3.72. The standard InChI is InChI=1S/C22H28N2O5S/c1-7-29-22(26)19-9-8-10-20(16(19)4)23-21(25)17(5)24(30(6,27)28)18-12-11-14(2)15(3)13-18/h8-13,17H,7H2,1-6H3,(H,23,25)/t17-/m1/s1. The van der Waals surface area contributed by atoms with Gasteiger partial charge >= 0.3 is 5.97 Å². The van der Waals surface area contributed by atoms with Gasteiger partial charge < -0.3 is 10.1 Å². The number of carbonyl (C=O) groups excluding carboxylic acids is 2. The molecule has 0 heterocycles. The number of benzene rings is 2. The molecule has 0 saturated heterocycles. The van der Waals surface area contributed by atoms with E-state index in [2.05, 4.69) is 5.32 Å². The van der Waals surface area contributed by atoms with Crippen LogP contribution in [0.3, 0.4) is 0 Å². The molecule has 30 heavy (non-hydrogen) atoms. The Morgan fingerprint density at radius 2 is 1.77 bits per heavy atom. The molecule has 1 atom stereocenters. The van der Waals surface area contributed by atoms with E-state index in [-0.39, 0.29) is 6.61 Å². The van der Waals surface area contributed by atoms with Gasteiger partial charge in [0.15, 0.2) is 0 Å². The van der Waals surface area contributed by atoms with Gasteiger partial charge in [-0.1, -0.05) is 12.1 Å². The van der Waals surface area contributed by atoms with Crippen molar-refractivity contribution < 1.29 is 22.7 Å². The van der Waals surface area contributed by atoms with E-state index in [1.807, 2.05) is 19.9 Å². The monoisotopic (exact) mass is 432 g/mol. The van der Waals surface area contributed by atoms with Crippen LogP contribution in [-0.4, -0.2) is 39.2 Å². The number of amides is 1. The van der Waals surface area contributed by atoms with Crippen LogP contribution in [0.2, 0.25) is 0 Å². The summed E-state index contributed by atoms with van der Waals surface area (Å²) in [7, 11) is -3.72. The van der Waals surface area contributed by atoms with Crippen LogP contribution >= 0.6 is 0 Å². The van der Waals surface area contributed by atoms with Crippen LogP contribution < -0.4 is 9.62 Å². The number of sulfonamides is 1. The van der Waals surface area contributed by atoms with E-state index < -0.39 is 27.9 Å². The van der Waals surface area contributed by atoms with Crippen molar-refractivity contribution in [1.29, 1.82) is 0 Å². The zero-order valence-corrected chi connectivity index (χ0v) is 19.0. The molecule has 0 aromatic heterocycles. The van der Waals surface area contributed by atoms with Crippen molar-refractivity contribution in [1.82, 2.24) is 0 Å². The van der Waals surface area contributed by atoms with Gasteiger partial charge in [-0.05, 0) is 75.6 Å². The first-order valence-electron chi connectivity index (χ1n) is 9.61. The highest BCUT2D eigenvalue weighted by Crippen LogP contribution is 2.25. The maximum Gasteiger partial charge on any atom is 0.338 e. The van der Waals surface area contributed by atoms with Crippen molar-refractivity contribution >= 4 is 33.3 Å². The fraction of sp³-hybridized carbons (Fsp3) is 0.364. The average molecular weight is 433 g/mol. The Balaban J connectivity index is 2.36. The molecule has 1 amide bonds. The predicted octanol–water partition coefficient (Wildman–Crippen LogP) is 3.58. The fourth-order valence-corrected chi connectivity index (χ4v) is 4.28. The lowest BCUT2D eigenvalue weighted by Crippen LogP contribution is -2.45. The van der Waals surface area contributed by atoms with E-state index in [9.17, 15) is 18.0 Å². The molecule has 0 spiro atoms. The maximum absolute atomic E-state index is 13.0. The second-order valence-electron chi connectivity index (χ2n) is 7.19. The molecule has 0 unspecified atom stereocenters. The number of rotatable bonds is 7. The summed E-state index contributed by atoms with van der Waals surface area (Å²) in [6.07, 6.45) is 1.07. The number of nitrogens with one attached hydrogen (secondary N) is 1. The van der Waals surface area contributed by atoms with Crippen molar-refractivity contribution in [2.24, 2.45) is 0 Å². The third-order valence-electron chi connectivity index (χ3n) is 4.92. The molecule has 162 valence electrons. The molecule has 0 radical (unpaired) electrons. The number of hydrogen-bond donors (Lipinski definition) is 1. The lowest BCUT2D eigenvalue weighted by atomic mass is 10.1. The van der Waals surface area contributed by atoms with E-state index >= 15 is 0 Å². The number of esters is 1. The molecule has 0 bridgehead atoms. The Bertz CT molecular complexity index is 1060. The van der Waals surface area contributed by atoms with Crippen molar-refractivity contribution in [3.05, 3.63) is 58.7 Å². The largest absolute Gasteiger partial charge is 0.462 e. The number of aryl methyl sites for hydroxylation is 2. The molecule has 2 aromatic rings. The highest BCUT2D eigenvalue weighted by molar-refractivity contribution is 7.92. The van der Waals surface area contributed by atoms with Crippen LogP contribution in [0.25, 0.3) is 0 Å². The molecule has 0 aliphatic rings. The van der Waals surface area contributed by atoms with Crippen LogP contribution in [0, 0.1) is 20.8 Å². The topological polar surface area (TPSA) is 92.8 Å². The molecule has 2 rings (SSSR count). The van der Waals surface area contributed by atoms with E-state index in [4.69, 9.17) is 4.74 Å². The van der Waals surface area contributed by atoms with E-state index in [0.29, 0.717) is 22.5 Å². The molecule has 8 heteroatoms. The second kappa shape index (κ2) is 9.30. The highest BCUT2D eigenvalue weighted by Gasteiger charge is 2.30. The van der Waals surface area contributed by atoms with Crippen molar-refractivity contribution in [3.63, 3.8) is 0 Å². The SMILES string of the molecule is CCOC(=O)c1cccc(NC(=O)[C@@H](C)N(c2ccc(C)c(C)c2)S(C)(=O)=O)c1C. The lowest BCUT2D eigenvalue weighted by molar-refractivity contribution is -0.116. The first-order chi connectivity index (χ1) is 14.0. The average Bonchev–Trinajstić information content (AvgIpc) is 2.65. The van der Waals surface area contributed by atoms with Crippen LogP contribution in [-0.2, 0) is 19.6 Å². The number of hydrogen-bond acceptors (Lipinski definition) is 5. The summed E-state index contributed by atoms with van der Waals surface area (Å²) < 4.78 is 31.1. The summed E-state index contributed by atoms with van der Waals surface area (Å²) in [5, 5.41) is 2.74. The van der Waals surface area contributed by atoms with Gasteiger partial charge in [0.05, 0.1) is 24.1 Å². The van der Waals surface area contributed by atoms with Crippen molar-refractivity contribution in [2.75, 3.05) is 22.5 Å². The normalized spacial score (nSPS) is 12.2. The van der Waals surface area contributed by atoms with Gasteiger partial charge in [0.1, 0.15) is 6.04 Å². The molecule has 0 aliphatic heterocycles. The molecule has 0 aliphatic carbocycles. The summed E-state index contributed by atoms with van der Waals surface area (Å²) in [5.74, 6) is -0.991.